The topological polar surface area (TPSA) is 4.93 Å². The Labute approximate surface area is 225 Å². The summed E-state index contributed by atoms with van der Waals surface area (Å²) in [4.78, 5) is 0. The van der Waals surface area contributed by atoms with Gasteiger partial charge in [-0.3, -0.25) is 0 Å². The lowest BCUT2D eigenvalue weighted by molar-refractivity contribution is 1.02. The van der Waals surface area contributed by atoms with Crippen molar-refractivity contribution in [3.05, 3.63) is 127 Å². The molecular weight excluding hydrogens is 478 g/mol. The molecule has 1 aliphatic rings. The van der Waals surface area contributed by atoms with Crippen LogP contribution in [0.2, 0.25) is 0 Å². The van der Waals surface area contributed by atoms with Crippen molar-refractivity contribution in [2.75, 3.05) is 0 Å². The molecule has 0 N–H and O–H groups in total. The highest BCUT2D eigenvalue weighted by molar-refractivity contribution is 7.26. The van der Waals surface area contributed by atoms with Crippen LogP contribution in [0.3, 0.4) is 0 Å². The second-order valence-electron chi connectivity index (χ2n) is 10.1. The molecule has 1 nitrogen and oxygen atoms in total. The summed E-state index contributed by atoms with van der Waals surface area (Å²) in [5.74, 6) is 0. The molecule has 2 heterocycles. The van der Waals surface area contributed by atoms with Gasteiger partial charge in [-0.2, -0.15) is 0 Å². The number of nitrogens with zero attached hydrogens (tertiary/aromatic N) is 1. The highest BCUT2D eigenvalue weighted by Crippen LogP contribution is 2.45. The smallest absolute Gasteiger partial charge is 0.0555 e. The number of rotatable bonds is 3. The van der Waals surface area contributed by atoms with Crippen LogP contribution in [0.1, 0.15) is 12.8 Å². The quantitative estimate of drug-likeness (QED) is 0.226. The summed E-state index contributed by atoms with van der Waals surface area (Å²) in [5.41, 5.74) is 8.86. The molecule has 38 heavy (non-hydrogen) atoms. The summed E-state index contributed by atoms with van der Waals surface area (Å²) >= 11 is 1.92. The highest BCUT2D eigenvalue weighted by atomic mass is 32.1. The van der Waals surface area contributed by atoms with E-state index in [0.29, 0.717) is 0 Å². The minimum atomic E-state index is 1.08. The third-order valence-corrected chi connectivity index (χ3v) is 9.02. The van der Waals surface area contributed by atoms with Crippen LogP contribution in [-0.2, 0) is 0 Å². The van der Waals surface area contributed by atoms with E-state index in [4.69, 9.17) is 0 Å². The minimum Gasteiger partial charge on any atom is -0.310 e. The van der Waals surface area contributed by atoms with Gasteiger partial charge in [-0.05, 0) is 65.4 Å². The van der Waals surface area contributed by atoms with Gasteiger partial charge in [0.25, 0.3) is 0 Å². The van der Waals surface area contributed by atoms with E-state index in [1.54, 1.807) is 0 Å². The van der Waals surface area contributed by atoms with E-state index in [2.05, 4.69) is 132 Å². The molecule has 0 aliphatic heterocycles. The monoisotopic (exact) mass is 503 g/mol. The first-order valence-corrected chi connectivity index (χ1v) is 14.1. The summed E-state index contributed by atoms with van der Waals surface area (Å²) < 4.78 is 5.19. The molecule has 0 atom stereocenters. The van der Waals surface area contributed by atoms with Gasteiger partial charge in [0.1, 0.15) is 0 Å². The van der Waals surface area contributed by atoms with Crippen LogP contribution in [0.15, 0.2) is 127 Å². The van der Waals surface area contributed by atoms with Crippen LogP contribution in [0.4, 0.5) is 0 Å². The van der Waals surface area contributed by atoms with E-state index < -0.39 is 0 Å². The van der Waals surface area contributed by atoms with Crippen molar-refractivity contribution in [1.82, 2.24) is 4.57 Å². The summed E-state index contributed by atoms with van der Waals surface area (Å²) in [6.07, 6.45) is 9.17. The largest absolute Gasteiger partial charge is 0.310 e. The Bertz CT molecular complexity index is 2050. The molecule has 2 heteroatoms. The number of fused-ring (bicyclic) bond motifs is 7. The fourth-order valence-corrected chi connectivity index (χ4v) is 7.24. The zero-order valence-corrected chi connectivity index (χ0v) is 21.7. The Balaban J connectivity index is 1.44. The van der Waals surface area contributed by atoms with E-state index in [9.17, 15) is 0 Å². The first-order valence-electron chi connectivity index (χ1n) is 13.3. The van der Waals surface area contributed by atoms with Gasteiger partial charge in [0.15, 0.2) is 0 Å². The molecule has 5 aromatic carbocycles. The zero-order valence-electron chi connectivity index (χ0n) is 20.9. The van der Waals surface area contributed by atoms with Crippen LogP contribution < -0.4 is 0 Å². The summed E-state index contributed by atoms with van der Waals surface area (Å²) in [6, 6.07) is 40.0. The van der Waals surface area contributed by atoms with Crippen LogP contribution in [0.25, 0.3) is 69.9 Å². The Hall–Kier alpha value is -4.40. The van der Waals surface area contributed by atoms with Gasteiger partial charge in [0, 0.05) is 36.6 Å². The van der Waals surface area contributed by atoms with Gasteiger partial charge < -0.3 is 4.57 Å². The lowest BCUT2D eigenvalue weighted by Crippen LogP contribution is -1.97. The maximum absolute atomic E-state index is 2.48. The van der Waals surface area contributed by atoms with Gasteiger partial charge in [0.2, 0.25) is 0 Å². The standard InChI is InChI=1S/C36H25NS/c1-4-10-24(11-5-1)26-17-21-34-31(22-26)29-19-20-32-35(36(29)38-34)30-18-16-27(25-12-6-2-7-13-25)23-33(30)37(32)28-14-8-3-9-15-28/h1-2,4-8,10-23H,3,9H2. The van der Waals surface area contributed by atoms with Crippen molar-refractivity contribution in [2.24, 2.45) is 0 Å². The Morgan fingerprint density at radius 1 is 0.553 bits per heavy atom. The van der Waals surface area contributed by atoms with E-state index in [-0.39, 0.29) is 0 Å². The Morgan fingerprint density at radius 3 is 2.00 bits per heavy atom. The zero-order chi connectivity index (χ0) is 25.1. The maximum Gasteiger partial charge on any atom is 0.0555 e. The third kappa shape index (κ3) is 3.31. The molecule has 0 saturated heterocycles. The number of allylic oxidation sites excluding steroid dienone is 4. The summed E-state index contributed by atoms with van der Waals surface area (Å²) in [6.45, 7) is 0. The van der Waals surface area contributed by atoms with Gasteiger partial charge in [-0.1, -0.05) is 97.1 Å². The van der Waals surface area contributed by atoms with Crippen molar-refractivity contribution in [3.8, 4) is 22.3 Å². The average Bonchev–Trinajstić information content (AvgIpc) is 3.53. The molecule has 7 aromatic rings. The van der Waals surface area contributed by atoms with E-state index in [0.717, 1.165) is 12.8 Å². The number of thiophene rings is 1. The van der Waals surface area contributed by atoms with Crippen molar-refractivity contribution in [3.63, 3.8) is 0 Å². The van der Waals surface area contributed by atoms with Gasteiger partial charge in [-0.25, -0.2) is 0 Å². The molecule has 0 spiro atoms. The van der Waals surface area contributed by atoms with Gasteiger partial charge >= 0.3 is 0 Å². The second kappa shape index (κ2) is 8.58. The number of hydrogen-bond acceptors (Lipinski definition) is 1. The lowest BCUT2D eigenvalue weighted by Gasteiger charge is -2.12. The number of aromatic nitrogens is 1. The van der Waals surface area contributed by atoms with Crippen LogP contribution >= 0.6 is 11.3 Å². The highest BCUT2D eigenvalue weighted by Gasteiger charge is 2.19. The Morgan fingerprint density at radius 2 is 1.26 bits per heavy atom. The molecule has 8 rings (SSSR count). The molecule has 0 radical (unpaired) electrons. The molecule has 180 valence electrons. The van der Waals surface area contributed by atoms with E-state index >= 15 is 0 Å². The van der Waals surface area contributed by atoms with Crippen LogP contribution in [0.5, 0.6) is 0 Å². The van der Waals surface area contributed by atoms with Crippen LogP contribution in [0, 0.1) is 0 Å². The molecule has 0 bridgehead atoms. The lowest BCUT2D eigenvalue weighted by atomic mass is 10.0. The molecule has 1 aliphatic carbocycles. The fraction of sp³-hybridized carbons (Fsp3) is 0.0556. The predicted octanol–water partition coefficient (Wildman–Crippen LogP) is 10.7. The third-order valence-electron chi connectivity index (χ3n) is 7.81. The molecule has 0 unspecified atom stereocenters. The molecule has 0 saturated carbocycles. The molecule has 0 fully saturated rings. The molecule has 0 amide bonds. The first-order chi connectivity index (χ1) is 18.8. The summed E-state index contributed by atoms with van der Waals surface area (Å²) in [7, 11) is 0. The van der Waals surface area contributed by atoms with Crippen molar-refractivity contribution in [2.45, 2.75) is 12.8 Å². The normalized spacial score (nSPS) is 13.6. The first kappa shape index (κ1) is 21.7. The van der Waals surface area contributed by atoms with Gasteiger partial charge in [0.05, 0.1) is 11.0 Å². The number of hydrogen-bond donors (Lipinski definition) is 0. The number of benzene rings is 5. The van der Waals surface area contributed by atoms with Crippen molar-refractivity contribution >= 4 is 59.0 Å². The fourth-order valence-electron chi connectivity index (χ4n) is 6.00. The predicted molar refractivity (Wildman–Crippen MR) is 166 cm³/mol. The SMILES string of the molecule is C1=CC(n2c3cc(-c4ccccc4)ccc3c3c4sc5ccc(-c6ccccc6)cc5c4ccc32)=CCC1. The van der Waals surface area contributed by atoms with Crippen molar-refractivity contribution < 1.29 is 0 Å². The maximum atomic E-state index is 2.48. The second-order valence-corrected chi connectivity index (χ2v) is 11.1. The molecule has 2 aromatic heterocycles. The van der Waals surface area contributed by atoms with E-state index in [1.165, 1.54) is 69.9 Å². The van der Waals surface area contributed by atoms with Crippen molar-refractivity contribution in [1.29, 1.82) is 0 Å². The van der Waals surface area contributed by atoms with Gasteiger partial charge in [-0.15, -0.1) is 11.3 Å². The summed E-state index contributed by atoms with van der Waals surface area (Å²) in [5, 5.41) is 5.36. The Kier molecular flexibility index (Phi) is 4.89. The average molecular weight is 504 g/mol. The molecular formula is C36H25NS. The van der Waals surface area contributed by atoms with E-state index in [1.807, 2.05) is 11.3 Å². The minimum absolute atomic E-state index is 1.08. The van der Waals surface area contributed by atoms with Crippen LogP contribution in [-0.4, -0.2) is 4.57 Å².